The summed E-state index contributed by atoms with van der Waals surface area (Å²) in [6.07, 6.45) is -1.27. The van der Waals surface area contributed by atoms with E-state index in [-0.39, 0.29) is 6.42 Å². The number of hydrogen-bond donors (Lipinski definition) is 1. The van der Waals surface area contributed by atoms with Gasteiger partial charge in [-0.05, 0) is 33.3 Å². The lowest BCUT2D eigenvalue weighted by Gasteiger charge is -2.44. The fourth-order valence-corrected chi connectivity index (χ4v) is 5.02. The monoisotopic (exact) mass is 382 g/mol. The molecule has 1 aromatic carbocycles. The smallest absolute Gasteiger partial charge is 0.413 e. The molecule has 3 rings (SSSR count). The molecule has 1 saturated carbocycles. The second-order valence-corrected chi connectivity index (χ2v) is 9.20. The van der Waals surface area contributed by atoms with Gasteiger partial charge in [0.25, 0.3) is 0 Å². The molecule has 0 spiro atoms. The van der Waals surface area contributed by atoms with E-state index >= 15 is 0 Å². The Morgan fingerprint density at radius 3 is 2.69 bits per heavy atom. The second kappa shape index (κ2) is 6.51. The van der Waals surface area contributed by atoms with Crippen molar-refractivity contribution >= 4 is 23.0 Å². The minimum atomic E-state index is -1.06. The molecule has 4 nitrogen and oxygen atoms in total. The summed E-state index contributed by atoms with van der Waals surface area (Å²) in [6, 6.07) is 6.37. The van der Waals surface area contributed by atoms with Crippen molar-refractivity contribution in [1.29, 1.82) is 0 Å². The van der Waals surface area contributed by atoms with E-state index in [9.17, 15) is 13.6 Å². The molecule has 3 atom stereocenters. The third kappa shape index (κ3) is 3.46. The van der Waals surface area contributed by atoms with E-state index in [0.717, 1.165) is 0 Å². The lowest BCUT2D eigenvalue weighted by atomic mass is 9.70. The van der Waals surface area contributed by atoms with E-state index in [1.54, 1.807) is 39.0 Å². The first kappa shape index (κ1) is 19.1. The fourth-order valence-electron chi connectivity index (χ4n) is 3.84. The van der Waals surface area contributed by atoms with Gasteiger partial charge in [0, 0.05) is 23.2 Å². The summed E-state index contributed by atoms with van der Waals surface area (Å²) in [6.45, 7) is 7.25. The average molecular weight is 382 g/mol. The van der Waals surface area contributed by atoms with Crippen molar-refractivity contribution in [2.24, 2.45) is 10.4 Å². The molecule has 2 aliphatic rings. The highest BCUT2D eigenvalue weighted by Crippen LogP contribution is 2.60. The number of nitrogens with zero attached hydrogens (tertiary/aromatic N) is 1. The molecule has 1 aromatic rings. The number of nitrogens with one attached hydrogen (secondary N) is 1. The predicted octanol–water partition coefficient (Wildman–Crippen LogP) is 4.79. The Balaban J connectivity index is 1.99. The predicted molar refractivity (Wildman–Crippen MR) is 99.6 cm³/mol. The maximum absolute atomic E-state index is 14.6. The first-order chi connectivity index (χ1) is 12.0. The number of benzene rings is 1. The summed E-state index contributed by atoms with van der Waals surface area (Å²) in [7, 11) is 0. The van der Waals surface area contributed by atoms with Crippen LogP contribution in [0.4, 0.5) is 13.6 Å². The van der Waals surface area contributed by atoms with Gasteiger partial charge in [-0.3, -0.25) is 5.32 Å². The van der Waals surface area contributed by atoms with Crippen LogP contribution in [-0.4, -0.2) is 28.8 Å². The number of rotatable bonds is 1. The van der Waals surface area contributed by atoms with Gasteiger partial charge in [-0.2, -0.15) is 0 Å². The van der Waals surface area contributed by atoms with Crippen LogP contribution in [0.5, 0.6) is 0 Å². The Bertz CT molecular complexity index is 749. The van der Waals surface area contributed by atoms with E-state index in [1.807, 2.05) is 6.92 Å². The zero-order valence-electron chi connectivity index (χ0n) is 15.4. The number of fused-ring (bicyclic) bond motifs is 1. The average Bonchev–Trinajstić information content (AvgIpc) is 2.76. The van der Waals surface area contributed by atoms with Gasteiger partial charge >= 0.3 is 6.09 Å². The van der Waals surface area contributed by atoms with Crippen LogP contribution >= 0.6 is 11.8 Å². The van der Waals surface area contributed by atoms with Crippen molar-refractivity contribution in [3.05, 3.63) is 35.6 Å². The molecular formula is C19H24F2N2O2S. The molecule has 1 fully saturated rings. The molecule has 142 valence electrons. The Morgan fingerprint density at radius 1 is 1.35 bits per heavy atom. The molecule has 7 heteroatoms. The van der Waals surface area contributed by atoms with Crippen LogP contribution in [0.25, 0.3) is 0 Å². The number of amides is 1. The molecule has 26 heavy (non-hydrogen) atoms. The number of thioether (sulfide) groups is 1. The lowest BCUT2D eigenvalue weighted by Crippen LogP contribution is -2.47. The van der Waals surface area contributed by atoms with Crippen LogP contribution in [0.2, 0.25) is 0 Å². The Kier molecular flexibility index (Phi) is 4.80. The van der Waals surface area contributed by atoms with Crippen molar-refractivity contribution in [3.63, 3.8) is 0 Å². The number of alkyl halides is 1. The molecule has 0 saturated heterocycles. The maximum Gasteiger partial charge on any atom is 0.413 e. The van der Waals surface area contributed by atoms with E-state index in [1.165, 1.54) is 17.8 Å². The normalized spacial score (nSPS) is 31.2. The van der Waals surface area contributed by atoms with Crippen LogP contribution in [0, 0.1) is 11.2 Å². The van der Waals surface area contributed by atoms with Crippen molar-refractivity contribution < 1.29 is 18.3 Å². The number of amidine groups is 1. The number of ether oxygens (including phenoxy) is 1. The summed E-state index contributed by atoms with van der Waals surface area (Å²) in [5.41, 5.74) is -1.82. The van der Waals surface area contributed by atoms with Gasteiger partial charge in [-0.1, -0.05) is 36.9 Å². The number of carbonyl (C=O) groups is 1. The van der Waals surface area contributed by atoms with Gasteiger partial charge in [0.15, 0.2) is 5.17 Å². The standard InChI is InChI=1S/C19H24F2N2O2S/c1-17(2,3)25-16(24)22-15-23-19(13-7-5-6-8-14(13)21)10-12(20)9-18(19,4)11-26-15/h5-8,12H,9-11H2,1-4H3,(H,22,23,24)/t12-,18+,19-/m1/s1. The minimum absolute atomic E-state index is 0.102. The molecule has 1 amide bonds. The maximum atomic E-state index is 14.6. The number of alkyl carbamates (subject to hydrolysis) is 1. The van der Waals surface area contributed by atoms with Crippen molar-refractivity contribution in [2.75, 3.05) is 5.75 Å². The highest BCUT2D eigenvalue weighted by Gasteiger charge is 2.59. The molecule has 1 N–H and O–H groups in total. The minimum Gasteiger partial charge on any atom is -0.444 e. The van der Waals surface area contributed by atoms with Gasteiger partial charge < -0.3 is 4.74 Å². The van der Waals surface area contributed by atoms with Crippen molar-refractivity contribution in [2.45, 2.75) is 57.8 Å². The Hall–Kier alpha value is -1.63. The lowest BCUT2D eigenvalue weighted by molar-refractivity contribution is 0.0563. The Morgan fingerprint density at radius 2 is 2.04 bits per heavy atom. The van der Waals surface area contributed by atoms with Gasteiger partial charge in [-0.15, -0.1) is 0 Å². The topological polar surface area (TPSA) is 50.7 Å². The number of hydrogen-bond acceptors (Lipinski definition) is 4. The zero-order valence-corrected chi connectivity index (χ0v) is 16.3. The molecule has 1 aliphatic heterocycles. The summed E-state index contributed by atoms with van der Waals surface area (Å²) in [5, 5.41) is 2.98. The molecular weight excluding hydrogens is 358 g/mol. The highest BCUT2D eigenvalue weighted by molar-refractivity contribution is 8.13. The van der Waals surface area contributed by atoms with E-state index in [4.69, 9.17) is 4.74 Å². The SMILES string of the molecule is CC(C)(C)OC(=O)NC1=N[C@@]2(c3ccccc3F)C[C@H](F)C[C@@]2(C)CS1. The fraction of sp³-hybridized carbons (Fsp3) is 0.579. The second-order valence-electron chi connectivity index (χ2n) is 8.24. The van der Waals surface area contributed by atoms with Crippen LogP contribution < -0.4 is 5.32 Å². The number of aliphatic imine (C=N–C) groups is 1. The zero-order chi connectivity index (χ0) is 19.2. The largest absolute Gasteiger partial charge is 0.444 e. The molecule has 1 heterocycles. The van der Waals surface area contributed by atoms with E-state index in [0.29, 0.717) is 22.9 Å². The van der Waals surface area contributed by atoms with Gasteiger partial charge in [0.2, 0.25) is 0 Å². The number of halogens is 2. The third-order valence-electron chi connectivity index (χ3n) is 4.93. The first-order valence-corrected chi connectivity index (χ1v) is 9.65. The summed E-state index contributed by atoms with van der Waals surface area (Å²) in [4.78, 5) is 16.8. The van der Waals surface area contributed by atoms with Crippen LogP contribution in [0.15, 0.2) is 29.3 Å². The summed E-state index contributed by atoms with van der Waals surface area (Å²) in [5.74, 6) is 0.135. The molecule has 0 radical (unpaired) electrons. The molecule has 1 aliphatic carbocycles. The van der Waals surface area contributed by atoms with E-state index in [2.05, 4.69) is 10.3 Å². The summed E-state index contributed by atoms with van der Waals surface area (Å²) < 4.78 is 34.3. The van der Waals surface area contributed by atoms with Gasteiger partial charge in [-0.25, -0.2) is 18.6 Å². The Labute approximate surface area is 156 Å². The van der Waals surface area contributed by atoms with E-state index < -0.39 is 34.6 Å². The van der Waals surface area contributed by atoms with Crippen molar-refractivity contribution in [3.8, 4) is 0 Å². The summed E-state index contributed by atoms with van der Waals surface area (Å²) >= 11 is 1.34. The van der Waals surface area contributed by atoms with Gasteiger partial charge in [0.05, 0.1) is 0 Å². The number of carbonyl (C=O) groups excluding carboxylic acids is 1. The third-order valence-corrected chi connectivity index (χ3v) is 6.18. The molecule has 0 bridgehead atoms. The molecule has 0 unspecified atom stereocenters. The van der Waals surface area contributed by atoms with Crippen LogP contribution in [0.3, 0.4) is 0 Å². The first-order valence-electron chi connectivity index (χ1n) is 8.66. The highest BCUT2D eigenvalue weighted by atomic mass is 32.2. The van der Waals surface area contributed by atoms with Gasteiger partial charge in [0.1, 0.15) is 23.1 Å². The van der Waals surface area contributed by atoms with Crippen molar-refractivity contribution in [1.82, 2.24) is 5.32 Å². The van der Waals surface area contributed by atoms with Crippen LogP contribution in [0.1, 0.15) is 46.1 Å². The quantitative estimate of drug-likeness (QED) is 0.760. The molecule has 0 aromatic heterocycles. The van der Waals surface area contributed by atoms with Crippen LogP contribution in [-0.2, 0) is 10.3 Å².